The molecule has 0 bridgehead atoms. The van der Waals surface area contributed by atoms with Crippen molar-refractivity contribution < 1.29 is 4.74 Å². The molecular weight excluding hydrogens is 206 g/mol. The topological polar surface area (TPSA) is 76.3 Å². The average molecular weight is 225 g/mol. The van der Waals surface area contributed by atoms with Crippen LogP contribution in [0.5, 0.6) is 0 Å². The molecule has 0 atom stereocenters. The van der Waals surface area contributed by atoms with Crippen molar-refractivity contribution in [1.82, 2.24) is 14.9 Å². The van der Waals surface area contributed by atoms with E-state index in [-0.39, 0.29) is 0 Å². The third kappa shape index (κ3) is 4.90. The molecule has 0 amide bonds. The van der Waals surface area contributed by atoms with Crippen molar-refractivity contribution in [2.45, 2.75) is 0 Å². The van der Waals surface area contributed by atoms with E-state index in [1.54, 1.807) is 19.5 Å². The second-order valence-electron chi connectivity index (χ2n) is 3.56. The van der Waals surface area contributed by atoms with Gasteiger partial charge in [-0.3, -0.25) is 0 Å². The van der Waals surface area contributed by atoms with Gasteiger partial charge in [0.05, 0.1) is 24.7 Å². The van der Waals surface area contributed by atoms with Gasteiger partial charge in [0, 0.05) is 26.7 Å². The van der Waals surface area contributed by atoms with E-state index < -0.39 is 0 Å². The molecule has 1 aromatic heterocycles. The molecule has 6 heteroatoms. The zero-order valence-corrected chi connectivity index (χ0v) is 9.81. The lowest BCUT2D eigenvalue weighted by molar-refractivity contribution is 0.163. The van der Waals surface area contributed by atoms with Crippen molar-refractivity contribution in [3.63, 3.8) is 0 Å². The van der Waals surface area contributed by atoms with E-state index in [4.69, 9.17) is 10.5 Å². The quantitative estimate of drug-likeness (QED) is 0.683. The van der Waals surface area contributed by atoms with Crippen LogP contribution in [0.15, 0.2) is 12.4 Å². The Morgan fingerprint density at radius 3 is 2.69 bits per heavy atom. The van der Waals surface area contributed by atoms with Crippen LogP contribution in [0.2, 0.25) is 0 Å². The standard InChI is InChI=1S/C10H19N5O/c1-15(5-6-16-2)4-3-12-10-13-7-9(11)8-14-10/h7-8H,3-6,11H2,1-2H3,(H,12,13,14). The number of ether oxygens (including phenoxy) is 1. The highest BCUT2D eigenvalue weighted by atomic mass is 16.5. The summed E-state index contributed by atoms with van der Waals surface area (Å²) < 4.78 is 4.99. The van der Waals surface area contributed by atoms with Gasteiger partial charge in [-0.1, -0.05) is 0 Å². The van der Waals surface area contributed by atoms with E-state index in [1.165, 1.54) is 0 Å². The summed E-state index contributed by atoms with van der Waals surface area (Å²) in [4.78, 5) is 10.3. The molecule has 0 aromatic carbocycles. The molecule has 0 spiro atoms. The number of nitrogens with zero attached hydrogens (tertiary/aromatic N) is 3. The summed E-state index contributed by atoms with van der Waals surface area (Å²) in [5, 5.41) is 3.12. The average Bonchev–Trinajstić information content (AvgIpc) is 2.29. The Balaban J connectivity index is 2.17. The van der Waals surface area contributed by atoms with Crippen LogP contribution < -0.4 is 11.1 Å². The van der Waals surface area contributed by atoms with Crippen LogP contribution in [0.3, 0.4) is 0 Å². The van der Waals surface area contributed by atoms with E-state index in [2.05, 4.69) is 20.2 Å². The van der Waals surface area contributed by atoms with Crippen LogP contribution in [0.4, 0.5) is 11.6 Å². The van der Waals surface area contributed by atoms with Gasteiger partial charge in [-0.25, -0.2) is 9.97 Å². The van der Waals surface area contributed by atoms with Gasteiger partial charge in [-0.2, -0.15) is 0 Å². The molecule has 0 fully saturated rings. The highest BCUT2D eigenvalue weighted by Gasteiger charge is 1.98. The first-order valence-corrected chi connectivity index (χ1v) is 5.21. The Hall–Kier alpha value is -1.40. The monoisotopic (exact) mass is 225 g/mol. The summed E-state index contributed by atoms with van der Waals surface area (Å²) in [6, 6.07) is 0. The maximum atomic E-state index is 5.48. The predicted molar refractivity (Wildman–Crippen MR) is 64.3 cm³/mol. The molecule has 0 saturated carbocycles. The lowest BCUT2D eigenvalue weighted by atomic mass is 10.5. The van der Waals surface area contributed by atoms with E-state index >= 15 is 0 Å². The molecule has 1 aromatic rings. The first-order valence-electron chi connectivity index (χ1n) is 5.21. The highest BCUT2D eigenvalue weighted by Crippen LogP contribution is 1.99. The van der Waals surface area contributed by atoms with Crippen molar-refractivity contribution >= 4 is 11.6 Å². The molecule has 0 saturated heterocycles. The Kier molecular flexibility index (Phi) is 5.52. The number of anilines is 2. The second-order valence-corrected chi connectivity index (χ2v) is 3.56. The summed E-state index contributed by atoms with van der Waals surface area (Å²) in [6.45, 7) is 3.37. The number of hydrogen-bond acceptors (Lipinski definition) is 6. The molecule has 1 heterocycles. The van der Waals surface area contributed by atoms with Gasteiger partial charge in [-0.05, 0) is 7.05 Å². The van der Waals surface area contributed by atoms with Gasteiger partial charge in [0.25, 0.3) is 0 Å². The van der Waals surface area contributed by atoms with E-state index in [9.17, 15) is 0 Å². The zero-order chi connectivity index (χ0) is 11.8. The fraction of sp³-hybridized carbons (Fsp3) is 0.600. The molecule has 16 heavy (non-hydrogen) atoms. The van der Waals surface area contributed by atoms with Crippen molar-refractivity contribution in [2.75, 3.05) is 51.4 Å². The van der Waals surface area contributed by atoms with Crippen LogP contribution >= 0.6 is 0 Å². The van der Waals surface area contributed by atoms with Crippen molar-refractivity contribution in [3.8, 4) is 0 Å². The Morgan fingerprint density at radius 1 is 1.38 bits per heavy atom. The molecule has 3 N–H and O–H groups in total. The fourth-order valence-electron chi connectivity index (χ4n) is 1.15. The summed E-state index contributed by atoms with van der Waals surface area (Å²) >= 11 is 0. The molecule has 90 valence electrons. The molecule has 0 unspecified atom stereocenters. The molecule has 0 aliphatic rings. The maximum Gasteiger partial charge on any atom is 0.222 e. The Labute approximate surface area is 95.8 Å². The van der Waals surface area contributed by atoms with Crippen LogP contribution in [-0.4, -0.2) is 55.3 Å². The number of nitrogens with two attached hydrogens (primary N) is 1. The van der Waals surface area contributed by atoms with Gasteiger partial charge in [0.2, 0.25) is 5.95 Å². The molecule has 1 rings (SSSR count). The fourth-order valence-corrected chi connectivity index (χ4v) is 1.15. The van der Waals surface area contributed by atoms with Crippen LogP contribution in [0.1, 0.15) is 0 Å². The van der Waals surface area contributed by atoms with E-state index in [0.29, 0.717) is 11.6 Å². The molecule has 0 aliphatic carbocycles. The lowest BCUT2D eigenvalue weighted by Crippen LogP contribution is -2.28. The van der Waals surface area contributed by atoms with Gasteiger partial charge in [0.15, 0.2) is 0 Å². The van der Waals surface area contributed by atoms with E-state index in [1.807, 2.05) is 7.05 Å². The second kappa shape index (κ2) is 6.97. The zero-order valence-electron chi connectivity index (χ0n) is 9.81. The van der Waals surface area contributed by atoms with Gasteiger partial charge < -0.3 is 20.7 Å². The minimum absolute atomic E-state index is 0.572. The SMILES string of the molecule is COCCN(C)CCNc1ncc(N)cn1. The van der Waals surface area contributed by atoms with Gasteiger partial charge in [0.1, 0.15) is 0 Å². The summed E-state index contributed by atoms with van der Waals surface area (Å²) in [7, 11) is 3.75. The Bertz CT molecular complexity index is 290. The number of aromatic nitrogens is 2. The van der Waals surface area contributed by atoms with Gasteiger partial charge >= 0.3 is 0 Å². The Morgan fingerprint density at radius 2 is 2.06 bits per heavy atom. The minimum Gasteiger partial charge on any atom is -0.396 e. The number of likely N-dealkylation sites (N-methyl/N-ethyl adjacent to an activating group) is 1. The molecule has 0 aliphatic heterocycles. The minimum atomic E-state index is 0.572. The number of nitrogens with one attached hydrogen (secondary N) is 1. The first kappa shape index (κ1) is 12.7. The molecule has 0 radical (unpaired) electrons. The summed E-state index contributed by atoms with van der Waals surface area (Å²) in [5.74, 6) is 0.606. The third-order valence-electron chi connectivity index (χ3n) is 2.13. The maximum absolute atomic E-state index is 5.48. The van der Waals surface area contributed by atoms with E-state index in [0.717, 1.165) is 26.2 Å². The largest absolute Gasteiger partial charge is 0.396 e. The number of rotatable bonds is 7. The van der Waals surface area contributed by atoms with Crippen molar-refractivity contribution in [3.05, 3.63) is 12.4 Å². The van der Waals surface area contributed by atoms with Gasteiger partial charge in [-0.15, -0.1) is 0 Å². The molecular formula is C10H19N5O. The normalized spacial score (nSPS) is 10.7. The first-order chi connectivity index (χ1) is 7.72. The highest BCUT2D eigenvalue weighted by molar-refractivity contribution is 5.35. The number of hydrogen-bond donors (Lipinski definition) is 2. The summed E-state index contributed by atoms with van der Waals surface area (Å²) in [5.41, 5.74) is 6.06. The van der Waals surface area contributed by atoms with Crippen molar-refractivity contribution in [1.29, 1.82) is 0 Å². The lowest BCUT2D eigenvalue weighted by Gasteiger charge is -2.15. The smallest absolute Gasteiger partial charge is 0.222 e. The third-order valence-corrected chi connectivity index (χ3v) is 2.13. The summed E-state index contributed by atoms with van der Waals surface area (Å²) in [6.07, 6.45) is 3.17. The van der Waals surface area contributed by atoms with Crippen LogP contribution in [0.25, 0.3) is 0 Å². The van der Waals surface area contributed by atoms with Crippen LogP contribution in [0, 0.1) is 0 Å². The van der Waals surface area contributed by atoms with Crippen LogP contribution in [-0.2, 0) is 4.74 Å². The number of methoxy groups -OCH3 is 1. The molecule has 6 nitrogen and oxygen atoms in total. The predicted octanol–water partition coefficient (Wildman–Crippen LogP) is 0.0489. The van der Waals surface area contributed by atoms with Crippen molar-refractivity contribution in [2.24, 2.45) is 0 Å². The number of nitrogen functional groups attached to an aromatic ring is 1.